The normalized spacial score (nSPS) is 25.9. The first-order valence-electron chi connectivity index (χ1n) is 7.53. The number of nitrogens with zero attached hydrogens (tertiary/aromatic N) is 2. The van der Waals surface area contributed by atoms with E-state index in [-0.39, 0.29) is 5.91 Å². The molecule has 1 aliphatic heterocycles. The molecule has 1 aliphatic carbocycles. The summed E-state index contributed by atoms with van der Waals surface area (Å²) in [4.78, 5) is 18.9. The van der Waals surface area contributed by atoms with E-state index in [0.29, 0.717) is 23.3 Å². The standard InChI is InChI=1S/C15H22N4O/c16-18-14-8-7-12(10-17-14)15(20)19-9-3-5-11-4-1-2-6-13(11)19/h7-8,10-11,13H,1-6,9,16H2,(H,17,18)/t11-,13-/m1/s1. The van der Waals surface area contributed by atoms with Gasteiger partial charge in [0, 0.05) is 18.8 Å². The van der Waals surface area contributed by atoms with Crippen LogP contribution in [-0.2, 0) is 0 Å². The summed E-state index contributed by atoms with van der Waals surface area (Å²) in [5.41, 5.74) is 3.14. The van der Waals surface area contributed by atoms with E-state index < -0.39 is 0 Å². The number of likely N-dealkylation sites (tertiary alicyclic amines) is 1. The predicted octanol–water partition coefficient (Wildman–Crippen LogP) is 2.16. The molecule has 1 aromatic heterocycles. The van der Waals surface area contributed by atoms with Crippen LogP contribution in [0.25, 0.3) is 0 Å². The molecule has 2 heterocycles. The molecule has 2 aliphatic rings. The van der Waals surface area contributed by atoms with Gasteiger partial charge >= 0.3 is 0 Å². The SMILES string of the molecule is NNc1ccc(C(=O)N2CCC[C@H]3CCCC[C@H]32)cn1. The fourth-order valence-electron chi connectivity index (χ4n) is 3.65. The summed E-state index contributed by atoms with van der Waals surface area (Å²) in [7, 11) is 0. The number of pyridine rings is 1. The molecule has 3 N–H and O–H groups in total. The Bertz CT molecular complexity index is 471. The van der Waals surface area contributed by atoms with Crippen LogP contribution in [0.1, 0.15) is 48.9 Å². The minimum absolute atomic E-state index is 0.123. The molecule has 108 valence electrons. The number of amides is 1. The molecule has 0 radical (unpaired) electrons. The van der Waals surface area contributed by atoms with E-state index in [9.17, 15) is 4.79 Å². The number of nitrogens with one attached hydrogen (secondary N) is 1. The van der Waals surface area contributed by atoms with Crippen molar-refractivity contribution in [3.8, 4) is 0 Å². The largest absolute Gasteiger partial charge is 0.335 e. The molecule has 0 unspecified atom stereocenters. The molecule has 5 nitrogen and oxygen atoms in total. The number of nitrogen functional groups attached to an aromatic ring is 1. The Hall–Kier alpha value is -1.62. The van der Waals surface area contributed by atoms with Gasteiger partial charge in [-0.3, -0.25) is 4.79 Å². The van der Waals surface area contributed by atoms with Gasteiger partial charge in [0.2, 0.25) is 0 Å². The van der Waals surface area contributed by atoms with Crippen LogP contribution in [0.15, 0.2) is 18.3 Å². The number of anilines is 1. The number of piperidine rings is 1. The van der Waals surface area contributed by atoms with Crippen molar-refractivity contribution in [1.29, 1.82) is 0 Å². The zero-order valence-electron chi connectivity index (χ0n) is 11.7. The molecule has 20 heavy (non-hydrogen) atoms. The van der Waals surface area contributed by atoms with Gasteiger partial charge in [-0.2, -0.15) is 0 Å². The lowest BCUT2D eigenvalue weighted by molar-refractivity contribution is 0.0390. The van der Waals surface area contributed by atoms with Crippen molar-refractivity contribution in [2.75, 3.05) is 12.0 Å². The first-order chi connectivity index (χ1) is 9.79. The molecule has 0 bridgehead atoms. The first-order valence-corrected chi connectivity index (χ1v) is 7.53. The topological polar surface area (TPSA) is 71.2 Å². The molecule has 2 atom stereocenters. The van der Waals surface area contributed by atoms with Gasteiger partial charge in [0.1, 0.15) is 5.82 Å². The van der Waals surface area contributed by atoms with Crippen LogP contribution in [0, 0.1) is 5.92 Å². The summed E-state index contributed by atoms with van der Waals surface area (Å²) in [5.74, 6) is 6.71. The van der Waals surface area contributed by atoms with Gasteiger partial charge < -0.3 is 10.3 Å². The third kappa shape index (κ3) is 2.50. The number of aromatic nitrogens is 1. The molecular weight excluding hydrogens is 252 g/mol. The Balaban J connectivity index is 1.77. The molecule has 1 aromatic rings. The quantitative estimate of drug-likeness (QED) is 0.640. The summed E-state index contributed by atoms with van der Waals surface area (Å²) < 4.78 is 0. The van der Waals surface area contributed by atoms with E-state index in [2.05, 4.69) is 15.3 Å². The first kappa shape index (κ1) is 13.4. The van der Waals surface area contributed by atoms with E-state index in [1.165, 1.54) is 25.7 Å². The number of fused-ring (bicyclic) bond motifs is 1. The lowest BCUT2D eigenvalue weighted by Crippen LogP contribution is -2.49. The Kier molecular flexibility index (Phi) is 3.87. The van der Waals surface area contributed by atoms with Crippen LogP contribution >= 0.6 is 0 Å². The van der Waals surface area contributed by atoms with Gasteiger partial charge in [-0.05, 0) is 43.7 Å². The van der Waals surface area contributed by atoms with Crippen molar-refractivity contribution in [2.45, 2.75) is 44.6 Å². The van der Waals surface area contributed by atoms with Gasteiger partial charge in [0.25, 0.3) is 5.91 Å². The number of hydrazine groups is 1. The van der Waals surface area contributed by atoms with Gasteiger partial charge in [-0.25, -0.2) is 10.8 Å². The van der Waals surface area contributed by atoms with Crippen LogP contribution in [0.3, 0.4) is 0 Å². The van der Waals surface area contributed by atoms with Crippen LogP contribution in [0.2, 0.25) is 0 Å². The van der Waals surface area contributed by atoms with Gasteiger partial charge in [-0.15, -0.1) is 0 Å². The number of carbonyl (C=O) groups excluding carboxylic acids is 1. The zero-order valence-corrected chi connectivity index (χ0v) is 11.7. The predicted molar refractivity (Wildman–Crippen MR) is 78.1 cm³/mol. The fourth-order valence-corrected chi connectivity index (χ4v) is 3.65. The molecule has 1 amide bonds. The van der Waals surface area contributed by atoms with Crippen molar-refractivity contribution < 1.29 is 4.79 Å². The molecule has 1 saturated heterocycles. The average molecular weight is 274 g/mol. The van der Waals surface area contributed by atoms with Crippen LogP contribution in [-0.4, -0.2) is 28.4 Å². The molecule has 5 heteroatoms. The van der Waals surface area contributed by atoms with Crippen molar-refractivity contribution in [3.05, 3.63) is 23.9 Å². The van der Waals surface area contributed by atoms with E-state index in [0.717, 1.165) is 19.4 Å². The Morgan fingerprint density at radius 3 is 2.80 bits per heavy atom. The maximum Gasteiger partial charge on any atom is 0.255 e. The summed E-state index contributed by atoms with van der Waals surface area (Å²) in [5, 5.41) is 0. The minimum Gasteiger partial charge on any atom is -0.335 e. The van der Waals surface area contributed by atoms with E-state index in [4.69, 9.17) is 5.84 Å². The highest BCUT2D eigenvalue weighted by molar-refractivity contribution is 5.94. The van der Waals surface area contributed by atoms with Crippen molar-refractivity contribution in [2.24, 2.45) is 11.8 Å². The third-order valence-electron chi connectivity index (χ3n) is 4.66. The molecule has 3 rings (SSSR count). The van der Waals surface area contributed by atoms with E-state index in [1.807, 2.05) is 0 Å². The smallest absolute Gasteiger partial charge is 0.255 e. The van der Waals surface area contributed by atoms with Crippen LogP contribution < -0.4 is 11.3 Å². The summed E-state index contributed by atoms with van der Waals surface area (Å²) in [6, 6.07) is 3.99. The third-order valence-corrected chi connectivity index (χ3v) is 4.66. The van der Waals surface area contributed by atoms with E-state index in [1.54, 1.807) is 18.3 Å². The number of carbonyl (C=O) groups is 1. The lowest BCUT2D eigenvalue weighted by atomic mass is 9.78. The Labute approximate surface area is 119 Å². The fraction of sp³-hybridized carbons (Fsp3) is 0.600. The van der Waals surface area contributed by atoms with Crippen LogP contribution in [0.5, 0.6) is 0 Å². The van der Waals surface area contributed by atoms with Crippen molar-refractivity contribution >= 4 is 11.7 Å². The number of hydrogen-bond donors (Lipinski definition) is 2. The second-order valence-corrected chi connectivity index (χ2v) is 5.83. The molecule has 2 fully saturated rings. The zero-order chi connectivity index (χ0) is 13.9. The second kappa shape index (κ2) is 5.79. The highest BCUT2D eigenvalue weighted by atomic mass is 16.2. The molecule has 0 spiro atoms. The summed E-state index contributed by atoms with van der Waals surface area (Å²) in [6.45, 7) is 0.886. The average Bonchev–Trinajstić information content (AvgIpc) is 2.54. The summed E-state index contributed by atoms with van der Waals surface area (Å²) >= 11 is 0. The molecule has 0 aromatic carbocycles. The van der Waals surface area contributed by atoms with Crippen LogP contribution in [0.4, 0.5) is 5.82 Å². The Morgan fingerprint density at radius 2 is 2.05 bits per heavy atom. The van der Waals surface area contributed by atoms with Gasteiger partial charge in [0.05, 0.1) is 5.56 Å². The molecule has 1 saturated carbocycles. The molecular formula is C15H22N4O. The number of hydrogen-bond acceptors (Lipinski definition) is 4. The van der Waals surface area contributed by atoms with Gasteiger partial charge in [-0.1, -0.05) is 12.8 Å². The highest BCUT2D eigenvalue weighted by Crippen LogP contribution is 2.35. The Morgan fingerprint density at radius 1 is 1.25 bits per heavy atom. The maximum atomic E-state index is 12.7. The highest BCUT2D eigenvalue weighted by Gasteiger charge is 2.35. The van der Waals surface area contributed by atoms with Crippen molar-refractivity contribution in [1.82, 2.24) is 9.88 Å². The van der Waals surface area contributed by atoms with Gasteiger partial charge in [0.15, 0.2) is 0 Å². The minimum atomic E-state index is 0.123. The van der Waals surface area contributed by atoms with Crippen molar-refractivity contribution in [3.63, 3.8) is 0 Å². The maximum absolute atomic E-state index is 12.7. The lowest BCUT2D eigenvalue weighted by Gasteiger charge is -2.44. The van der Waals surface area contributed by atoms with E-state index >= 15 is 0 Å². The number of nitrogens with two attached hydrogens (primary N) is 1. The number of rotatable bonds is 2. The monoisotopic (exact) mass is 274 g/mol. The summed E-state index contributed by atoms with van der Waals surface area (Å²) in [6.07, 6.45) is 9.03. The second-order valence-electron chi connectivity index (χ2n) is 5.83.